The van der Waals surface area contributed by atoms with Crippen LogP contribution in [0.4, 0.5) is 5.69 Å². The van der Waals surface area contributed by atoms with E-state index in [9.17, 15) is 16.8 Å². The lowest BCUT2D eigenvalue weighted by atomic mass is 10.2. The van der Waals surface area contributed by atoms with Gasteiger partial charge in [0.15, 0.2) is 0 Å². The fourth-order valence-corrected chi connectivity index (χ4v) is 6.64. The number of halogens is 2. The number of sulfonamides is 2. The molecule has 0 spiro atoms. The summed E-state index contributed by atoms with van der Waals surface area (Å²) in [7, 11) is -7.44. The molecule has 6 nitrogen and oxygen atoms in total. The molecular weight excluding hydrogens is 443 g/mol. The highest BCUT2D eigenvalue weighted by Crippen LogP contribution is 2.36. The Labute approximate surface area is 175 Å². The molecule has 1 aliphatic rings. The molecule has 0 saturated heterocycles. The minimum atomic E-state index is -3.83. The molecule has 10 heteroatoms. The first-order valence-electron chi connectivity index (χ1n) is 8.73. The molecular formula is C18H20Cl2N2O4S2. The van der Waals surface area contributed by atoms with Gasteiger partial charge in [0.2, 0.25) is 10.0 Å². The van der Waals surface area contributed by atoms with Gasteiger partial charge >= 0.3 is 0 Å². The van der Waals surface area contributed by atoms with Crippen LogP contribution in [-0.2, 0) is 26.5 Å². The first-order valence-corrected chi connectivity index (χ1v) is 12.4. The number of hydrogen-bond acceptors (Lipinski definition) is 4. The molecule has 2 aromatic rings. The third-order valence-electron chi connectivity index (χ3n) is 4.73. The van der Waals surface area contributed by atoms with E-state index in [2.05, 4.69) is 0 Å². The minimum absolute atomic E-state index is 0.0367. The van der Waals surface area contributed by atoms with E-state index in [4.69, 9.17) is 23.2 Å². The van der Waals surface area contributed by atoms with Gasteiger partial charge in [-0.25, -0.2) is 16.8 Å². The van der Waals surface area contributed by atoms with E-state index in [-0.39, 0.29) is 26.4 Å². The van der Waals surface area contributed by atoms with Crippen LogP contribution in [0, 0.1) is 0 Å². The van der Waals surface area contributed by atoms with Crippen LogP contribution in [-0.4, -0.2) is 40.8 Å². The van der Waals surface area contributed by atoms with E-state index in [0.29, 0.717) is 30.8 Å². The quantitative estimate of drug-likeness (QED) is 0.654. The van der Waals surface area contributed by atoms with Crippen LogP contribution in [0.5, 0.6) is 0 Å². The molecule has 3 rings (SSSR count). The lowest BCUT2D eigenvalue weighted by Crippen LogP contribution is -2.30. The largest absolute Gasteiger partial charge is 0.266 e. The van der Waals surface area contributed by atoms with Gasteiger partial charge in [0.25, 0.3) is 10.0 Å². The van der Waals surface area contributed by atoms with Gasteiger partial charge in [-0.05, 0) is 48.4 Å². The Morgan fingerprint density at radius 3 is 2.18 bits per heavy atom. The number of nitrogens with zero attached hydrogens (tertiary/aromatic N) is 2. The summed E-state index contributed by atoms with van der Waals surface area (Å²) < 4.78 is 54.2. The summed E-state index contributed by atoms with van der Waals surface area (Å²) in [6.45, 7) is 4.52. The first kappa shape index (κ1) is 21.4. The van der Waals surface area contributed by atoms with E-state index >= 15 is 0 Å². The lowest BCUT2D eigenvalue weighted by molar-refractivity contribution is 0.445. The number of rotatable bonds is 6. The zero-order chi connectivity index (χ0) is 20.7. The topological polar surface area (TPSA) is 74.8 Å². The van der Waals surface area contributed by atoms with Gasteiger partial charge in [0.1, 0.15) is 0 Å². The van der Waals surface area contributed by atoms with E-state index in [1.807, 2.05) is 0 Å². The second-order valence-electron chi connectivity index (χ2n) is 6.28. The standard InChI is InChI=1S/C18H20Cl2N2O4S2/c1-3-21(4-2)27(23,24)14-6-8-18-13(11-14)9-10-22(18)28(25,26)15-5-7-16(19)17(20)12-15/h5-8,11-12H,3-4,9-10H2,1-2H3. The zero-order valence-electron chi connectivity index (χ0n) is 15.4. The number of benzene rings is 2. The highest BCUT2D eigenvalue weighted by Gasteiger charge is 2.33. The fourth-order valence-electron chi connectivity index (χ4n) is 3.24. The highest BCUT2D eigenvalue weighted by atomic mass is 35.5. The van der Waals surface area contributed by atoms with Crippen LogP contribution in [0.15, 0.2) is 46.2 Å². The molecule has 0 unspecified atom stereocenters. The van der Waals surface area contributed by atoms with Crippen molar-refractivity contribution >= 4 is 48.9 Å². The van der Waals surface area contributed by atoms with E-state index < -0.39 is 20.0 Å². The van der Waals surface area contributed by atoms with Crippen molar-refractivity contribution in [3.05, 3.63) is 52.0 Å². The smallest absolute Gasteiger partial charge is 0.264 e. The normalized spacial score (nSPS) is 14.5. The van der Waals surface area contributed by atoms with Gasteiger partial charge < -0.3 is 0 Å². The lowest BCUT2D eigenvalue weighted by Gasteiger charge is -2.21. The van der Waals surface area contributed by atoms with E-state index in [1.165, 1.54) is 32.9 Å². The third kappa shape index (κ3) is 3.64. The van der Waals surface area contributed by atoms with Crippen LogP contribution < -0.4 is 4.31 Å². The molecule has 1 heterocycles. The molecule has 0 bridgehead atoms. The molecule has 0 atom stereocenters. The van der Waals surface area contributed by atoms with Crippen LogP contribution >= 0.6 is 23.2 Å². The molecule has 0 saturated carbocycles. The second-order valence-corrected chi connectivity index (χ2v) is 10.9. The summed E-state index contributed by atoms with van der Waals surface area (Å²) in [5.41, 5.74) is 1.15. The van der Waals surface area contributed by atoms with Crippen molar-refractivity contribution in [1.29, 1.82) is 0 Å². The summed E-state index contributed by atoms with van der Waals surface area (Å²) >= 11 is 11.8. The van der Waals surface area contributed by atoms with Gasteiger partial charge in [0, 0.05) is 19.6 Å². The monoisotopic (exact) mass is 462 g/mol. The zero-order valence-corrected chi connectivity index (χ0v) is 18.5. The first-order chi connectivity index (χ1) is 13.1. The van der Waals surface area contributed by atoms with Gasteiger partial charge in [-0.15, -0.1) is 0 Å². The molecule has 0 radical (unpaired) electrons. The Morgan fingerprint density at radius 2 is 1.57 bits per heavy atom. The Hall–Kier alpha value is -1.32. The van der Waals surface area contributed by atoms with E-state index in [1.54, 1.807) is 26.0 Å². The SMILES string of the molecule is CCN(CC)S(=O)(=O)c1ccc2c(c1)CCN2S(=O)(=O)c1ccc(Cl)c(Cl)c1. The van der Waals surface area contributed by atoms with Gasteiger partial charge in [-0.2, -0.15) is 4.31 Å². The second kappa shape index (κ2) is 7.84. The summed E-state index contributed by atoms with van der Waals surface area (Å²) in [6.07, 6.45) is 0.428. The predicted molar refractivity (Wildman–Crippen MR) is 111 cm³/mol. The maximum Gasteiger partial charge on any atom is 0.264 e. The van der Waals surface area contributed by atoms with Crippen molar-refractivity contribution in [1.82, 2.24) is 4.31 Å². The maximum absolute atomic E-state index is 13.0. The van der Waals surface area contributed by atoms with Crippen LogP contribution in [0.2, 0.25) is 10.0 Å². The Bertz CT molecular complexity index is 1110. The Kier molecular flexibility index (Phi) is 5.99. The third-order valence-corrected chi connectivity index (χ3v) is 9.32. The molecule has 0 fully saturated rings. The van der Waals surface area contributed by atoms with Crippen molar-refractivity contribution in [2.45, 2.75) is 30.1 Å². The Balaban J connectivity index is 2.00. The molecule has 0 aliphatic carbocycles. The van der Waals surface area contributed by atoms with Crippen molar-refractivity contribution < 1.29 is 16.8 Å². The number of anilines is 1. The fraction of sp³-hybridized carbons (Fsp3) is 0.333. The van der Waals surface area contributed by atoms with Gasteiger partial charge in [-0.1, -0.05) is 37.0 Å². The molecule has 0 amide bonds. The van der Waals surface area contributed by atoms with E-state index in [0.717, 1.165) is 0 Å². The molecule has 152 valence electrons. The summed E-state index contributed by atoms with van der Waals surface area (Å²) in [5.74, 6) is 0. The van der Waals surface area contributed by atoms with Crippen LogP contribution in [0.3, 0.4) is 0 Å². The van der Waals surface area contributed by atoms with Gasteiger partial charge in [-0.3, -0.25) is 4.31 Å². The molecule has 2 aromatic carbocycles. The average molecular weight is 463 g/mol. The molecule has 28 heavy (non-hydrogen) atoms. The molecule has 0 N–H and O–H groups in total. The summed E-state index contributed by atoms with van der Waals surface area (Å²) in [6, 6.07) is 8.72. The number of hydrogen-bond donors (Lipinski definition) is 0. The highest BCUT2D eigenvalue weighted by molar-refractivity contribution is 7.92. The summed E-state index contributed by atoms with van der Waals surface area (Å²) in [5, 5.41) is 0.427. The van der Waals surface area contributed by atoms with Crippen LogP contribution in [0.25, 0.3) is 0 Å². The number of fused-ring (bicyclic) bond motifs is 1. The maximum atomic E-state index is 13.0. The molecule has 1 aliphatic heterocycles. The minimum Gasteiger partial charge on any atom is -0.266 e. The van der Waals surface area contributed by atoms with Crippen LogP contribution in [0.1, 0.15) is 19.4 Å². The van der Waals surface area contributed by atoms with Crippen molar-refractivity contribution in [2.24, 2.45) is 0 Å². The predicted octanol–water partition coefficient (Wildman–Crippen LogP) is 3.78. The average Bonchev–Trinajstić information content (AvgIpc) is 3.08. The Morgan fingerprint density at radius 1 is 0.929 bits per heavy atom. The van der Waals surface area contributed by atoms with Crippen molar-refractivity contribution in [3.8, 4) is 0 Å². The van der Waals surface area contributed by atoms with Gasteiger partial charge in [0.05, 0.1) is 25.5 Å². The summed E-state index contributed by atoms with van der Waals surface area (Å²) in [4.78, 5) is 0.207. The van der Waals surface area contributed by atoms with Crippen molar-refractivity contribution in [2.75, 3.05) is 23.9 Å². The van der Waals surface area contributed by atoms with Crippen molar-refractivity contribution in [3.63, 3.8) is 0 Å². The molecule has 0 aromatic heterocycles.